The molecular formula is C43H57FN20O29P5S+. The van der Waals surface area contributed by atoms with E-state index in [9.17, 15) is 77.5 Å². The number of aryl methyl sites for hydroxylation is 1. The molecule has 99 heavy (non-hydrogen) atoms. The summed E-state index contributed by atoms with van der Waals surface area (Å²) in [5, 5.41) is 44.8. The van der Waals surface area contributed by atoms with Gasteiger partial charge in [0, 0.05) is 7.11 Å². The first-order valence-corrected chi connectivity index (χ1v) is 36.6. The van der Waals surface area contributed by atoms with Gasteiger partial charge in [-0.05, 0) is 18.7 Å². The number of hydrogen-bond acceptors (Lipinski definition) is 37. The predicted molar refractivity (Wildman–Crippen MR) is 322 cm³/mol. The van der Waals surface area contributed by atoms with Gasteiger partial charge >= 0.3 is 43.7 Å². The summed E-state index contributed by atoms with van der Waals surface area (Å²) in [6, 6.07) is 0. The summed E-state index contributed by atoms with van der Waals surface area (Å²) in [6.07, 6.45) is -22.3. The molecule has 0 aliphatic carbocycles. The SMILES string of the molecule is COC1C(OP(O)(=S)OCC2OC(n3cnc4c(=O)[nH]c(N)nc43)C(O)C2OP(=O)(O)OCC2OC(n3cnc4c(=O)[nH]c(N)nc43)C(O)C2O)C(COP(=O)(O)OP(=O)(O)OP(=O)(O)OCC2OC([n+]3cn(C)c4c(=O)[nH]c(N)nc43)C(C)(F)C2O)OC1n1cnc2c(N)ncnc21. The number of rotatable bonds is 25. The van der Waals surface area contributed by atoms with E-state index in [1.165, 1.54) is 22.5 Å². The molecule has 540 valence electrons. The summed E-state index contributed by atoms with van der Waals surface area (Å²) in [5.41, 5.74) is 16.7. The number of phosphoric acid groups is 4. The van der Waals surface area contributed by atoms with Crippen LogP contribution in [0.4, 0.5) is 28.1 Å². The number of aliphatic hydroxyl groups excluding tert-OH is 4. The standard InChI is InChI=1S/C43H56FN20O29P5S/c1-43(44)27(68)16(89-39(43)64-12-60(2)20-32(64)56-42(48)59-35(20)71)7-84-96(76,77)93-97(78,79)92-95(74,75)83-5-15-25(26(81-3)38(88-15)61-9-51-17-28(45)49-8-50-29(17)61)91-98(80,99)85-6-14-24(23(67)37(87-14)63-11-53-19-31(63)55-41(47)58-34(19)70)90-94(72,73)82-4-13-21(65)22(66)36(86-13)62-10-52-18-30(62)54-40(46)57-33(18)69/h8-16,21-27,36-39,65-68H,4-7H2,1-3H3,(H15-,45,46,47,48,49,50,54,55,56,57,58,59,69,70,71,72,73,74,75,76,77,78,79,80,99)/p+1. The molecule has 4 aliphatic rings. The van der Waals surface area contributed by atoms with Gasteiger partial charge in [0.15, 0.2) is 64.5 Å². The van der Waals surface area contributed by atoms with Crippen LogP contribution < -0.4 is 44.2 Å². The van der Waals surface area contributed by atoms with Crippen LogP contribution in [0.5, 0.6) is 0 Å². The molecule has 4 fully saturated rings. The molecule has 4 saturated heterocycles. The maximum Gasteiger partial charge on any atom is 0.490 e. The quantitative estimate of drug-likeness (QED) is 0.0189. The molecule has 56 heteroatoms. The fraction of sp³-hybridized carbons (Fsp3) is 0.535. The van der Waals surface area contributed by atoms with Crippen LogP contribution in [-0.2, 0) is 96.6 Å². The molecule has 49 nitrogen and oxygen atoms in total. The van der Waals surface area contributed by atoms with Crippen molar-refractivity contribution in [3.05, 3.63) is 62.7 Å². The van der Waals surface area contributed by atoms with Gasteiger partial charge in [0.05, 0.1) is 52.5 Å². The van der Waals surface area contributed by atoms with E-state index in [1.807, 2.05) is 0 Å². The number of hydrogen-bond donors (Lipinski definition) is 16. The highest BCUT2D eigenvalue weighted by molar-refractivity contribution is 8.07. The van der Waals surface area contributed by atoms with Gasteiger partial charge in [0.1, 0.15) is 79.0 Å². The van der Waals surface area contributed by atoms with Gasteiger partial charge in [-0.15, -0.1) is 0 Å². The molecule has 20 N–H and O–H groups in total. The molecule has 4 aliphatic heterocycles. The molecule has 12 heterocycles. The van der Waals surface area contributed by atoms with Crippen LogP contribution in [0.1, 0.15) is 31.8 Å². The molecule has 21 atom stereocenters. The van der Waals surface area contributed by atoms with Crippen LogP contribution in [0.25, 0.3) is 44.7 Å². The Balaban J connectivity index is 0.742. The van der Waals surface area contributed by atoms with Crippen molar-refractivity contribution in [1.29, 1.82) is 0 Å². The lowest BCUT2D eigenvalue weighted by atomic mass is 9.98. The van der Waals surface area contributed by atoms with Crippen molar-refractivity contribution in [2.45, 2.75) is 105 Å². The number of anilines is 4. The number of nitrogens with zero attached hydrogens (tertiary/aromatic N) is 13. The smallest absolute Gasteiger partial charge is 0.387 e. The van der Waals surface area contributed by atoms with Crippen LogP contribution >= 0.6 is 38.0 Å². The van der Waals surface area contributed by atoms with Gasteiger partial charge in [0.25, 0.3) is 22.6 Å². The van der Waals surface area contributed by atoms with Crippen molar-refractivity contribution in [3.63, 3.8) is 0 Å². The Kier molecular flexibility index (Phi) is 19.5. The molecule has 0 spiro atoms. The highest BCUT2D eigenvalue weighted by Crippen LogP contribution is 2.68. The predicted octanol–water partition coefficient (Wildman–Crippen LogP) is -4.75. The number of fused-ring (bicyclic) bond motifs is 4. The first-order chi connectivity index (χ1) is 46.4. The monoisotopic (exact) mass is 1520 g/mol. The van der Waals surface area contributed by atoms with E-state index in [0.29, 0.717) is 0 Å². The van der Waals surface area contributed by atoms with Crippen molar-refractivity contribution >= 4 is 118 Å². The number of H-pyrrole nitrogens is 3. The topological polar surface area (TPSA) is 700 Å². The second-order valence-electron chi connectivity index (χ2n) is 22.2. The van der Waals surface area contributed by atoms with E-state index in [1.54, 1.807) is 0 Å². The largest absolute Gasteiger partial charge is 0.490 e. The van der Waals surface area contributed by atoms with Crippen molar-refractivity contribution < 1.29 is 132 Å². The first kappa shape index (κ1) is 72.2. The lowest BCUT2D eigenvalue weighted by molar-refractivity contribution is -0.750. The zero-order valence-corrected chi connectivity index (χ0v) is 55.5. The molecule has 21 unspecified atom stereocenters. The summed E-state index contributed by atoms with van der Waals surface area (Å²) in [7, 11) is -21.5. The molecule has 0 radical (unpaired) electrons. The van der Waals surface area contributed by atoms with Crippen molar-refractivity contribution in [2.75, 3.05) is 56.5 Å². The number of nitrogens with one attached hydrogen (secondary N) is 3. The Bertz CT molecular complexity index is 4890. The number of phosphoric ester groups is 3. The van der Waals surface area contributed by atoms with Gasteiger partial charge in [-0.25, -0.2) is 52.1 Å². The number of imidazole rings is 4. The number of nitrogens with two attached hydrogens (primary N) is 4. The van der Waals surface area contributed by atoms with E-state index in [-0.39, 0.29) is 62.4 Å². The van der Waals surface area contributed by atoms with Crippen LogP contribution in [0.15, 0.2) is 46.0 Å². The number of nitrogen functional groups attached to an aromatic ring is 4. The summed E-state index contributed by atoms with van der Waals surface area (Å²) in [6.45, 7) is -8.85. The second kappa shape index (κ2) is 26.7. The van der Waals surface area contributed by atoms with E-state index in [2.05, 4.69) is 63.4 Å². The maximum atomic E-state index is 16.3. The van der Waals surface area contributed by atoms with E-state index >= 15 is 4.39 Å². The minimum atomic E-state index is -6.33. The molecular weight excluding hydrogens is 1470 g/mol. The van der Waals surface area contributed by atoms with Crippen LogP contribution in [-0.4, -0.2) is 224 Å². The third kappa shape index (κ3) is 14.3. The van der Waals surface area contributed by atoms with Crippen molar-refractivity contribution in [2.24, 2.45) is 7.05 Å². The molecule has 0 aromatic carbocycles. The van der Waals surface area contributed by atoms with Gasteiger partial charge in [0.2, 0.25) is 23.6 Å². The normalized spacial score (nSPS) is 31.3. The number of alkyl halides is 1. The lowest BCUT2D eigenvalue weighted by Crippen LogP contribution is -2.51. The Morgan fingerprint density at radius 2 is 1.09 bits per heavy atom. The second-order valence-corrected chi connectivity index (χ2v) is 31.0. The van der Waals surface area contributed by atoms with Crippen molar-refractivity contribution in [1.82, 2.24) is 73.1 Å². The number of aliphatic hydroxyl groups is 4. The van der Waals surface area contributed by atoms with Gasteiger partial charge < -0.3 is 96.0 Å². The van der Waals surface area contributed by atoms with E-state index in [0.717, 1.165) is 53.0 Å². The number of halogens is 1. The highest BCUT2D eigenvalue weighted by atomic mass is 32.5. The molecule has 0 bridgehead atoms. The molecule has 0 saturated carbocycles. The summed E-state index contributed by atoms with van der Waals surface area (Å²) >= 11 is 5.41. The summed E-state index contributed by atoms with van der Waals surface area (Å²) in [5.74, 6) is -1.29. The highest BCUT2D eigenvalue weighted by Gasteiger charge is 2.59. The summed E-state index contributed by atoms with van der Waals surface area (Å²) in [4.78, 5) is 132. The van der Waals surface area contributed by atoms with Gasteiger partial charge in [-0.2, -0.15) is 18.6 Å². The van der Waals surface area contributed by atoms with E-state index in [4.69, 9.17) is 85.6 Å². The minimum absolute atomic E-state index is 0.00158. The number of methoxy groups -OCH3 is 1. The molecule has 8 aromatic heterocycles. The minimum Gasteiger partial charge on any atom is -0.387 e. The zero-order valence-electron chi connectivity index (χ0n) is 50.2. The Hall–Kier alpha value is -6.58. The number of aromatic nitrogens is 16. The van der Waals surface area contributed by atoms with Gasteiger partial charge in [-0.1, -0.05) is 4.98 Å². The molecule has 12 rings (SSSR count). The zero-order chi connectivity index (χ0) is 71.5. The number of aromatic amines is 3. The molecule has 0 amide bonds. The van der Waals surface area contributed by atoms with Crippen LogP contribution in [0.3, 0.4) is 0 Å². The molecule has 8 aromatic rings. The van der Waals surface area contributed by atoms with Crippen molar-refractivity contribution in [3.8, 4) is 0 Å². The maximum absolute atomic E-state index is 16.3. The number of ether oxygens (including phenoxy) is 5. The third-order valence-electron chi connectivity index (χ3n) is 15.6. The third-order valence-corrected chi connectivity index (χ3v) is 22.4. The van der Waals surface area contributed by atoms with Gasteiger partial charge in [-0.3, -0.25) is 70.2 Å². The fourth-order valence-electron chi connectivity index (χ4n) is 11.2. The average molecular weight is 1520 g/mol. The Morgan fingerprint density at radius 1 is 0.596 bits per heavy atom. The fourth-order valence-corrected chi connectivity index (χ4v) is 17.1. The van der Waals surface area contributed by atoms with E-state index < -0.39 is 185 Å². The Labute approximate surface area is 551 Å². The lowest BCUT2D eigenvalue weighted by Gasteiger charge is -2.28. The Morgan fingerprint density at radius 3 is 1.70 bits per heavy atom. The van der Waals surface area contributed by atoms with Crippen LogP contribution in [0, 0.1) is 0 Å². The average Bonchev–Trinajstić information content (AvgIpc) is 1.60. The van der Waals surface area contributed by atoms with Crippen LogP contribution in [0.2, 0.25) is 0 Å². The summed E-state index contributed by atoms with van der Waals surface area (Å²) < 4.78 is 145. The first-order valence-electron chi connectivity index (χ1n) is 28.1.